The molecule has 1 saturated heterocycles. The fourth-order valence-electron chi connectivity index (χ4n) is 3.19. The van der Waals surface area contributed by atoms with Crippen molar-refractivity contribution < 1.29 is 18.4 Å². The maximum absolute atomic E-state index is 13.4. The van der Waals surface area contributed by atoms with Crippen molar-refractivity contribution in [2.45, 2.75) is 19.4 Å². The second-order valence-electron chi connectivity index (χ2n) is 6.61. The van der Waals surface area contributed by atoms with Crippen molar-refractivity contribution in [3.05, 3.63) is 30.1 Å². The molecule has 25 heavy (non-hydrogen) atoms. The maximum Gasteiger partial charge on any atom is 0.242 e. The van der Waals surface area contributed by atoms with E-state index in [0.717, 1.165) is 25.0 Å². The number of imidazole rings is 1. The Morgan fingerprint density at radius 2 is 1.68 bits per heavy atom. The lowest BCUT2D eigenvalue weighted by atomic mass is 10.2. The van der Waals surface area contributed by atoms with Gasteiger partial charge in [-0.25, -0.2) is 13.8 Å². The third-order valence-corrected chi connectivity index (χ3v) is 4.84. The molecule has 2 aliphatic rings. The summed E-state index contributed by atoms with van der Waals surface area (Å²) in [7, 11) is 0. The Kier molecular flexibility index (Phi) is 3.89. The molecule has 0 spiro atoms. The minimum absolute atomic E-state index is 0.0120. The molecule has 6 nitrogen and oxygen atoms in total. The standard InChI is InChI=1S/C17H18F2N4O2/c18-12-7-14-15(8-13(12)19)23(10-20-14)9-16(24)21-3-5-22(6-4-21)17(25)11-1-2-11/h7-8,10-11H,1-6,9H2. The highest BCUT2D eigenvalue weighted by Gasteiger charge is 2.35. The largest absolute Gasteiger partial charge is 0.339 e. The third-order valence-electron chi connectivity index (χ3n) is 4.84. The first-order valence-corrected chi connectivity index (χ1v) is 8.39. The number of rotatable bonds is 3. The van der Waals surface area contributed by atoms with Crippen LogP contribution in [0, 0.1) is 17.6 Å². The number of amides is 2. The van der Waals surface area contributed by atoms with Gasteiger partial charge in [-0.2, -0.15) is 0 Å². The van der Waals surface area contributed by atoms with Crippen LogP contribution in [-0.4, -0.2) is 57.3 Å². The Hall–Kier alpha value is -2.51. The van der Waals surface area contributed by atoms with Crippen LogP contribution in [0.1, 0.15) is 12.8 Å². The Bertz CT molecular complexity index is 839. The van der Waals surface area contributed by atoms with E-state index in [4.69, 9.17) is 0 Å². The number of benzene rings is 1. The van der Waals surface area contributed by atoms with E-state index < -0.39 is 11.6 Å². The van der Waals surface area contributed by atoms with Crippen LogP contribution in [0.3, 0.4) is 0 Å². The number of aromatic nitrogens is 2. The molecule has 1 aliphatic carbocycles. The molecule has 0 N–H and O–H groups in total. The molecule has 0 atom stereocenters. The first kappa shape index (κ1) is 16.0. The van der Waals surface area contributed by atoms with E-state index >= 15 is 0 Å². The van der Waals surface area contributed by atoms with Crippen LogP contribution in [-0.2, 0) is 16.1 Å². The smallest absolute Gasteiger partial charge is 0.242 e. The fraction of sp³-hybridized carbons (Fsp3) is 0.471. The molecule has 1 aliphatic heterocycles. The van der Waals surface area contributed by atoms with Crippen LogP contribution < -0.4 is 0 Å². The lowest BCUT2D eigenvalue weighted by Gasteiger charge is -2.35. The topological polar surface area (TPSA) is 58.4 Å². The molecule has 2 aromatic rings. The van der Waals surface area contributed by atoms with Gasteiger partial charge in [0, 0.05) is 44.2 Å². The highest BCUT2D eigenvalue weighted by atomic mass is 19.2. The highest BCUT2D eigenvalue weighted by Crippen LogP contribution is 2.31. The summed E-state index contributed by atoms with van der Waals surface area (Å²) in [6.45, 7) is 2.09. The minimum Gasteiger partial charge on any atom is -0.339 e. The lowest BCUT2D eigenvalue weighted by molar-refractivity contribution is -0.140. The van der Waals surface area contributed by atoms with Crippen molar-refractivity contribution in [2.75, 3.05) is 26.2 Å². The monoisotopic (exact) mass is 348 g/mol. The molecule has 0 unspecified atom stereocenters. The number of halogens is 2. The fourth-order valence-corrected chi connectivity index (χ4v) is 3.19. The summed E-state index contributed by atoms with van der Waals surface area (Å²) in [6.07, 6.45) is 3.36. The quantitative estimate of drug-likeness (QED) is 0.842. The summed E-state index contributed by atoms with van der Waals surface area (Å²) in [6, 6.07) is 2.07. The number of piperazine rings is 1. The molecule has 0 bridgehead atoms. The Labute approximate surface area is 143 Å². The van der Waals surface area contributed by atoms with Crippen LogP contribution >= 0.6 is 0 Å². The maximum atomic E-state index is 13.4. The van der Waals surface area contributed by atoms with E-state index in [-0.39, 0.29) is 24.3 Å². The van der Waals surface area contributed by atoms with Gasteiger partial charge in [0.15, 0.2) is 11.6 Å². The summed E-state index contributed by atoms with van der Waals surface area (Å²) in [5.41, 5.74) is 0.696. The van der Waals surface area contributed by atoms with Gasteiger partial charge in [-0.05, 0) is 12.8 Å². The van der Waals surface area contributed by atoms with Gasteiger partial charge in [-0.15, -0.1) is 0 Å². The van der Waals surface area contributed by atoms with Gasteiger partial charge >= 0.3 is 0 Å². The van der Waals surface area contributed by atoms with Crippen molar-refractivity contribution in [1.29, 1.82) is 0 Å². The van der Waals surface area contributed by atoms with Gasteiger partial charge in [-0.1, -0.05) is 0 Å². The highest BCUT2D eigenvalue weighted by molar-refractivity contribution is 5.82. The van der Waals surface area contributed by atoms with Crippen molar-refractivity contribution in [3.63, 3.8) is 0 Å². The summed E-state index contributed by atoms with van der Waals surface area (Å²) in [4.78, 5) is 32.1. The van der Waals surface area contributed by atoms with Crippen molar-refractivity contribution >= 4 is 22.8 Å². The molecule has 2 amide bonds. The van der Waals surface area contributed by atoms with E-state index in [1.54, 1.807) is 4.90 Å². The first-order valence-electron chi connectivity index (χ1n) is 8.39. The Balaban J connectivity index is 1.41. The molecular formula is C17H18F2N4O2. The summed E-state index contributed by atoms with van der Waals surface area (Å²) >= 11 is 0. The Morgan fingerprint density at radius 1 is 1.04 bits per heavy atom. The second kappa shape index (κ2) is 6.09. The van der Waals surface area contributed by atoms with Crippen LogP contribution in [0.2, 0.25) is 0 Å². The van der Waals surface area contributed by atoms with Gasteiger partial charge in [0.05, 0.1) is 17.4 Å². The van der Waals surface area contributed by atoms with E-state index in [2.05, 4.69) is 4.98 Å². The van der Waals surface area contributed by atoms with Crippen LogP contribution in [0.15, 0.2) is 18.5 Å². The molecule has 0 radical (unpaired) electrons. The number of fused-ring (bicyclic) bond motifs is 1. The summed E-state index contributed by atoms with van der Waals surface area (Å²) in [5, 5.41) is 0. The zero-order valence-electron chi connectivity index (χ0n) is 13.6. The van der Waals surface area contributed by atoms with Crippen molar-refractivity contribution in [1.82, 2.24) is 19.4 Å². The predicted molar refractivity (Wildman–Crippen MR) is 85.5 cm³/mol. The zero-order chi connectivity index (χ0) is 17.6. The molecule has 2 heterocycles. The SMILES string of the molecule is O=C(Cn1cnc2cc(F)c(F)cc21)N1CCN(C(=O)C2CC2)CC1. The number of nitrogens with zero attached hydrogens (tertiary/aromatic N) is 4. The molecule has 4 rings (SSSR count). The van der Waals surface area contributed by atoms with E-state index in [9.17, 15) is 18.4 Å². The van der Waals surface area contributed by atoms with Gasteiger partial charge in [0.25, 0.3) is 0 Å². The van der Waals surface area contributed by atoms with E-state index in [1.165, 1.54) is 10.9 Å². The number of carbonyl (C=O) groups excluding carboxylic acids is 2. The lowest BCUT2D eigenvalue weighted by Crippen LogP contribution is -2.51. The second-order valence-corrected chi connectivity index (χ2v) is 6.61. The molecule has 1 saturated carbocycles. The number of hydrogen-bond donors (Lipinski definition) is 0. The predicted octanol–water partition coefficient (Wildman–Crippen LogP) is 1.40. The molecule has 1 aromatic carbocycles. The molecule has 2 fully saturated rings. The van der Waals surface area contributed by atoms with Gasteiger partial charge < -0.3 is 14.4 Å². The number of hydrogen-bond acceptors (Lipinski definition) is 3. The summed E-state index contributed by atoms with van der Waals surface area (Å²) in [5.74, 6) is -1.66. The van der Waals surface area contributed by atoms with Crippen LogP contribution in [0.5, 0.6) is 0 Å². The normalized spacial score (nSPS) is 18.0. The Morgan fingerprint density at radius 3 is 2.36 bits per heavy atom. The summed E-state index contributed by atoms with van der Waals surface area (Å²) < 4.78 is 28.2. The van der Waals surface area contributed by atoms with Crippen LogP contribution in [0.4, 0.5) is 8.78 Å². The van der Waals surface area contributed by atoms with Crippen molar-refractivity contribution in [3.8, 4) is 0 Å². The van der Waals surface area contributed by atoms with Gasteiger partial charge in [-0.3, -0.25) is 9.59 Å². The van der Waals surface area contributed by atoms with Gasteiger partial charge in [0.2, 0.25) is 11.8 Å². The van der Waals surface area contributed by atoms with Crippen molar-refractivity contribution in [2.24, 2.45) is 5.92 Å². The average molecular weight is 348 g/mol. The molecule has 132 valence electrons. The third kappa shape index (κ3) is 3.08. The van der Waals surface area contributed by atoms with E-state index in [1.807, 2.05) is 4.90 Å². The molecular weight excluding hydrogens is 330 g/mol. The minimum atomic E-state index is -0.964. The van der Waals surface area contributed by atoms with E-state index in [0.29, 0.717) is 37.2 Å². The number of carbonyl (C=O) groups is 2. The zero-order valence-corrected chi connectivity index (χ0v) is 13.6. The average Bonchev–Trinajstić information content (AvgIpc) is 3.40. The molecule has 1 aromatic heterocycles. The first-order chi connectivity index (χ1) is 12.0. The molecule has 8 heteroatoms. The van der Waals surface area contributed by atoms with Gasteiger partial charge in [0.1, 0.15) is 6.54 Å². The van der Waals surface area contributed by atoms with Crippen LogP contribution in [0.25, 0.3) is 11.0 Å².